The first-order valence-electron chi connectivity index (χ1n) is 7.23. The van der Waals surface area contributed by atoms with E-state index in [1.165, 1.54) is 0 Å². The third-order valence-corrected chi connectivity index (χ3v) is 3.34. The molecule has 0 aliphatic rings. The zero-order chi connectivity index (χ0) is 15.9. The fourth-order valence-corrected chi connectivity index (χ4v) is 2.14. The summed E-state index contributed by atoms with van der Waals surface area (Å²) in [5.74, 6) is 1.76. The zero-order valence-corrected chi connectivity index (χ0v) is 13.1. The summed E-state index contributed by atoms with van der Waals surface area (Å²) in [6.07, 6.45) is 0.664. The van der Waals surface area contributed by atoms with Crippen molar-refractivity contribution in [3.63, 3.8) is 0 Å². The minimum absolute atomic E-state index is 0.134. The maximum atomic E-state index is 12.2. The molecule has 6 nitrogen and oxygen atoms in total. The summed E-state index contributed by atoms with van der Waals surface area (Å²) in [5.41, 5.74) is 1.01. The molecular weight excluding hydrogens is 282 g/mol. The minimum Gasteiger partial charge on any atom is -0.496 e. The number of nitrogens with one attached hydrogen (secondary N) is 2. The van der Waals surface area contributed by atoms with Crippen molar-refractivity contribution < 1.29 is 14.1 Å². The van der Waals surface area contributed by atoms with Crippen molar-refractivity contribution in [3.05, 3.63) is 41.7 Å². The lowest BCUT2D eigenvalue weighted by Crippen LogP contribution is -2.39. The van der Waals surface area contributed by atoms with Gasteiger partial charge in [-0.2, -0.15) is 0 Å². The lowest BCUT2D eigenvalue weighted by atomic mass is 10.1. The molecule has 22 heavy (non-hydrogen) atoms. The van der Waals surface area contributed by atoms with Gasteiger partial charge in [-0.15, -0.1) is 0 Å². The van der Waals surface area contributed by atoms with Crippen LogP contribution in [0.3, 0.4) is 0 Å². The molecule has 1 atom stereocenters. The molecule has 118 valence electrons. The fraction of sp³-hybridized carbons (Fsp3) is 0.375. The van der Waals surface area contributed by atoms with Gasteiger partial charge < -0.3 is 19.9 Å². The number of hydrogen-bond donors (Lipinski definition) is 2. The largest absolute Gasteiger partial charge is 0.496 e. The Morgan fingerprint density at radius 3 is 2.82 bits per heavy atom. The van der Waals surface area contributed by atoms with E-state index in [9.17, 15) is 4.79 Å². The highest BCUT2D eigenvalue weighted by atomic mass is 16.5. The molecule has 0 saturated carbocycles. The summed E-state index contributed by atoms with van der Waals surface area (Å²) in [4.78, 5) is 12.2. The van der Waals surface area contributed by atoms with Crippen molar-refractivity contribution in [1.82, 2.24) is 10.5 Å². The van der Waals surface area contributed by atoms with Crippen molar-refractivity contribution in [2.24, 2.45) is 0 Å². The molecule has 0 spiro atoms. The molecule has 0 fully saturated rings. The van der Waals surface area contributed by atoms with E-state index in [0.29, 0.717) is 24.5 Å². The van der Waals surface area contributed by atoms with Crippen LogP contribution in [0, 0.1) is 6.92 Å². The number of methoxy groups -OCH3 is 1. The van der Waals surface area contributed by atoms with E-state index in [1.54, 1.807) is 20.1 Å². The number of ether oxygens (including phenoxy) is 1. The van der Waals surface area contributed by atoms with Gasteiger partial charge in [0.1, 0.15) is 11.5 Å². The Morgan fingerprint density at radius 1 is 1.41 bits per heavy atom. The first-order chi connectivity index (χ1) is 10.6. The number of aromatic nitrogens is 1. The van der Waals surface area contributed by atoms with E-state index in [1.807, 2.05) is 31.2 Å². The smallest absolute Gasteiger partial charge is 0.242 e. The van der Waals surface area contributed by atoms with E-state index in [4.69, 9.17) is 9.26 Å². The maximum absolute atomic E-state index is 12.2. The molecule has 1 heterocycles. The Kier molecular flexibility index (Phi) is 5.55. The zero-order valence-electron chi connectivity index (χ0n) is 13.1. The van der Waals surface area contributed by atoms with Gasteiger partial charge in [-0.05, 0) is 19.4 Å². The number of rotatable bonds is 7. The predicted molar refractivity (Wildman–Crippen MR) is 83.8 cm³/mol. The number of carbonyl (C=O) groups is 1. The number of carbonyl (C=O) groups excluding carboxylic acids is 1. The molecule has 1 aromatic carbocycles. The Bertz CT molecular complexity index is 625. The van der Waals surface area contributed by atoms with Gasteiger partial charge in [0.05, 0.1) is 13.2 Å². The molecule has 2 rings (SSSR count). The second-order valence-electron chi connectivity index (χ2n) is 4.97. The molecule has 0 aliphatic heterocycles. The van der Waals surface area contributed by atoms with Gasteiger partial charge in [0.25, 0.3) is 0 Å². The van der Waals surface area contributed by atoms with Gasteiger partial charge in [-0.3, -0.25) is 4.79 Å². The van der Waals surface area contributed by atoms with Crippen molar-refractivity contribution in [3.8, 4) is 5.75 Å². The average molecular weight is 303 g/mol. The van der Waals surface area contributed by atoms with Crippen molar-refractivity contribution >= 4 is 11.7 Å². The molecule has 0 radical (unpaired) electrons. The molecule has 6 heteroatoms. The van der Waals surface area contributed by atoms with Crippen molar-refractivity contribution in [2.75, 3.05) is 12.4 Å². The molecule has 0 saturated heterocycles. The molecule has 1 aromatic heterocycles. The van der Waals surface area contributed by atoms with Crippen LogP contribution in [0.2, 0.25) is 0 Å². The number of hydrogen-bond acceptors (Lipinski definition) is 5. The summed E-state index contributed by atoms with van der Waals surface area (Å²) in [7, 11) is 1.63. The van der Waals surface area contributed by atoms with E-state index < -0.39 is 0 Å². The van der Waals surface area contributed by atoms with Crippen LogP contribution < -0.4 is 15.4 Å². The number of para-hydroxylation sites is 1. The number of nitrogens with zero attached hydrogens (tertiary/aromatic N) is 1. The second-order valence-corrected chi connectivity index (χ2v) is 4.97. The van der Waals surface area contributed by atoms with Gasteiger partial charge in [-0.1, -0.05) is 30.3 Å². The maximum Gasteiger partial charge on any atom is 0.242 e. The quantitative estimate of drug-likeness (QED) is 0.822. The van der Waals surface area contributed by atoms with E-state index in [0.717, 1.165) is 11.3 Å². The van der Waals surface area contributed by atoms with Crippen molar-refractivity contribution in [1.29, 1.82) is 0 Å². The third kappa shape index (κ3) is 4.08. The van der Waals surface area contributed by atoms with Crippen LogP contribution in [0.25, 0.3) is 0 Å². The molecule has 2 aromatic rings. The van der Waals surface area contributed by atoms with Crippen LogP contribution in [0.15, 0.2) is 34.9 Å². The summed E-state index contributed by atoms with van der Waals surface area (Å²) >= 11 is 0. The van der Waals surface area contributed by atoms with E-state index in [2.05, 4.69) is 15.8 Å². The molecule has 0 bridgehead atoms. The standard InChI is InChI=1S/C16H21N3O3/c1-4-13(16(20)18-15-9-11(2)22-19-15)17-10-12-7-5-6-8-14(12)21-3/h5-9,13,17H,4,10H2,1-3H3,(H,18,19,20)/t13-/m1/s1. The van der Waals surface area contributed by atoms with Gasteiger partial charge in [0.2, 0.25) is 5.91 Å². The highest BCUT2D eigenvalue weighted by Gasteiger charge is 2.17. The monoisotopic (exact) mass is 303 g/mol. The summed E-state index contributed by atoms with van der Waals surface area (Å²) in [6, 6.07) is 9.10. The third-order valence-electron chi connectivity index (χ3n) is 3.34. The average Bonchev–Trinajstić information content (AvgIpc) is 2.93. The molecule has 0 unspecified atom stereocenters. The minimum atomic E-state index is -0.318. The highest BCUT2D eigenvalue weighted by Crippen LogP contribution is 2.17. The molecular formula is C16H21N3O3. The second kappa shape index (κ2) is 7.61. The Morgan fingerprint density at radius 2 is 2.18 bits per heavy atom. The number of amides is 1. The van der Waals surface area contributed by atoms with E-state index >= 15 is 0 Å². The Labute approximate surface area is 129 Å². The summed E-state index contributed by atoms with van der Waals surface area (Å²) in [6.45, 7) is 4.28. The van der Waals surface area contributed by atoms with Gasteiger partial charge in [-0.25, -0.2) is 0 Å². The Balaban J connectivity index is 1.95. The van der Waals surface area contributed by atoms with Crippen molar-refractivity contribution in [2.45, 2.75) is 32.9 Å². The molecule has 0 aliphatic carbocycles. The first kappa shape index (κ1) is 16.0. The van der Waals surface area contributed by atoms with Crippen LogP contribution in [-0.2, 0) is 11.3 Å². The number of anilines is 1. The topological polar surface area (TPSA) is 76.4 Å². The normalized spacial score (nSPS) is 12.0. The van der Waals surface area contributed by atoms with E-state index in [-0.39, 0.29) is 11.9 Å². The lowest BCUT2D eigenvalue weighted by Gasteiger charge is -2.17. The SMILES string of the molecule is CC[C@@H](NCc1ccccc1OC)C(=O)Nc1cc(C)on1. The lowest BCUT2D eigenvalue weighted by molar-refractivity contribution is -0.118. The van der Waals surface area contributed by atoms with Crippen LogP contribution in [0.5, 0.6) is 5.75 Å². The highest BCUT2D eigenvalue weighted by molar-refractivity contribution is 5.93. The summed E-state index contributed by atoms with van der Waals surface area (Å²) in [5, 5.41) is 9.74. The first-order valence-corrected chi connectivity index (χ1v) is 7.23. The van der Waals surface area contributed by atoms with Gasteiger partial charge in [0.15, 0.2) is 5.82 Å². The van der Waals surface area contributed by atoms with Gasteiger partial charge in [0, 0.05) is 18.2 Å². The molecule has 1 amide bonds. The Hall–Kier alpha value is -2.34. The van der Waals surface area contributed by atoms with Crippen LogP contribution >= 0.6 is 0 Å². The number of aryl methyl sites for hydroxylation is 1. The summed E-state index contributed by atoms with van der Waals surface area (Å²) < 4.78 is 10.2. The molecule has 2 N–H and O–H groups in total. The fourth-order valence-electron chi connectivity index (χ4n) is 2.14. The number of benzene rings is 1. The van der Waals surface area contributed by atoms with Crippen LogP contribution in [0.1, 0.15) is 24.7 Å². The van der Waals surface area contributed by atoms with Crippen LogP contribution in [-0.4, -0.2) is 24.2 Å². The van der Waals surface area contributed by atoms with Crippen LogP contribution in [0.4, 0.5) is 5.82 Å². The predicted octanol–water partition coefficient (Wildman–Crippen LogP) is 2.50. The van der Waals surface area contributed by atoms with Gasteiger partial charge >= 0.3 is 0 Å².